The van der Waals surface area contributed by atoms with Gasteiger partial charge in [0.1, 0.15) is 5.82 Å². The number of rotatable bonds is 7. The van der Waals surface area contributed by atoms with E-state index in [9.17, 15) is 4.79 Å². The van der Waals surface area contributed by atoms with Gasteiger partial charge in [0.25, 0.3) is 5.91 Å². The van der Waals surface area contributed by atoms with E-state index in [2.05, 4.69) is 45.1 Å². The van der Waals surface area contributed by atoms with Crippen molar-refractivity contribution in [3.05, 3.63) is 53.7 Å². The molecule has 1 aliphatic rings. The SMILES string of the molecule is O=C(NC1CCCCCC1)c1ccc(NCCCc2ccccc2)nn1. The van der Waals surface area contributed by atoms with E-state index in [0.717, 1.165) is 32.2 Å². The lowest BCUT2D eigenvalue weighted by molar-refractivity contribution is 0.0927. The Labute approximate surface area is 155 Å². The summed E-state index contributed by atoms with van der Waals surface area (Å²) in [5, 5.41) is 14.6. The number of hydrogen-bond acceptors (Lipinski definition) is 4. The normalized spacial score (nSPS) is 15.2. The lowest BCUT2D eigenvalue weighted by Gasteiger charge is -2.15. The van der Waals surface area contributed by atoms with Gasteiger partial charge in [0, 0.05) is 12.6 Å². The molecule has 1 aromatic heterocycles. The van der Waals surface area contributed by atoms with E-state index >= 15 is 0 Å². The summed E-state index contributed by atoms with van der Waals surface area (Å²) in [6.07, 6.45) is 9.14. The highest BCUT2D eigenvalue weighted by atomic mass is 16.2. The van der Waals surface area contributed by atoms with Crippen LogP contribution >= 0.6 is 0 Å². The van der Waals surface area contributed by atoms with Crippen molar-refractivity contribution in [2.24, 2.45) is 0 Å². The molecule has 1 aromatic carbocycles. The maximum absolute atomic E-state index is 12.3. The quantitative estimate of drug-likeness (QED) is 0.584. The molecule has 0 bridgehead atoms. The van der Waals surface area contributed by atoms with Crippen LogP contribution < -0.4 is 10.6 Å². The Morgan fingerprint density at radius 1 is 0.962 bits per heavy atom. The lowest BCUT2D eigenvalue weighted by atomic mass is 10.1. The molecule has 0 saturated heterocycles. The van der Waals surface area contributed by atoms with E-state index in [-0.39, 0.29) is 11.9 Å². The van der Waals surface area contributed by atoms with E-state index in [4.69, 9.17) is 0 Å². The molecule has 2 N–H and O–H groups in total. The number of carbonyl (C=O) groups excluding carboxylic acids is 1. The lowest BCUT2D eigenvalue weighted by Crippen LogP contribution is -2.35. The summed E-state index contributed by atoms with van der Waals surface area (Å²) < 4.78 is 0. The smallest absolute Gasteiger partial charge is 0.272 e. The number of aryl methyl sites for hydroxylation is 1. The zero-order chi connectivity index (χ0) is 18.0. The van der Waals surface area contributed by atoms with Crippen molar-refractivity contribution >= 4 is 11.7 Å². The topological polar surface area (TPSA) is 66.9 Å². The van der Waals surface area contributed by atoms with Crippen LogP contribution in [-0.2, 0) is 6.42 Å². The average molecular weight is 352 g/mol. The Kier molecular flexibility index (Phi) is 6.99. The third-order valence-corrected chi connectivity index (χ3v) is 4.88. The van der Waals surface area contributed by atoms with E-state index in [1.165, 1.54) is 31.2 Å². The standard InChI is InChI=1S/C21H28N4O/c26-21(23-18-12-6-1-2-7-13-18)19-14-15-20(25-24-19)22-16-8-11-17-9-4-3-5-10-17/h3-5,9-10,14-15,18H,1-2,6-8,11-13,16H2,(H,22,25)(H,23,26). The number of carbonyl (C=O) groups is 1. The molecular weight excluding hydrogens is 324 g/mol. The van der Waals surface area contributed by atoms with Crippen LogP contribution in [0.25, 0.3) is 0 Å². The summed E-state index contributed by atoms with van der Waals surface area (Å²) >= 11 is 0. The summed E-state index contributed by atoms with van der Waals surface area (Å²) in [4.78, 5) is 12.3. The number of hydrogen-bond donors (Lipinski definition) is 2. The van der Waals surface area contributed by atoms with Crippen LogP contribution in [0.1, 0.15) is 61.0 Å². The number of anilines is 1. The van der Waals surface area contributed by atoms with Crippen molar-refractivity contribution in [2.45, 2.75) is 57.4 Å². The van der Waals surface area contributed by atoms with E-state index in [1.807, 2.05) is 12.1 Å². The Balaban J connectivity index is 1.41. The van der Waals surface area contributed by atoms with Gasteiger partial charge >= 0.3 is 0 Å². The molecule has 5 nitrogen and oxygen atoms in total. The summed E-state index contributed by atoms with van der Waals surface area (Å²) in [5.74, 6) is 0.601. The van der Waals surface area contributed by atoms with Crippen molar-refractivity contribution in [1.82, 2.24) is 15.5 Å². The molecule has 5 heteroatoms. The Bertz CT molecular complexity index is 664. The second kappa shape index (κ2) is 9.90. The molecular formula is C21H28N4O. The fourth-order valence-corrected chi connectivity index (χ4v) is 3.38. The first-order chi connectivity index (χ1) is 12.8. The van der Waals surface area contributed by atoms with Crippen LogP contribution in [0.2, 0.25) is 0 Å². The van der Waals surface area contributed by atoms with Gasteiger partial charge in [-0.1, -0.05) is 56.0 Å². The molecule has 1 fully saturated rings. The highest BCUT2D eigenvalue weighted by Crippen LogP contribution is 2.17. The molecule has 138 valence electrons. The van der Waals surface area contributed by atoms with E-state index in [1.54, 1.807) is 6.07 Å². The van der Waals surface area contributed by atoms with Crippen LogP contribution in [-0.4, -0.2) is 28.7 Å². The minimum Gasteiger partial charge on any atom is -0.369 e. The second-order valence-electron chi connectivity index (χ2n) is 6.98. The first-order valence-electron chi connectivity index (χ1n) is 9.73. The third kappa shape index (κ3) is 5.83. The van der Waals surface area contributed by atoms with Crippen molar-refractivity contribution in [1.29, 1.82) is 0 Å². The molecule has 0 atom stereocenters. The number of amides is 1. The molecule has 2 aromatic rings. The first-order valence-corrected chi connectivity index (χ1v) is 9.73. The molecule has 1 heterocycles. The Morgan fingerprint density at radius 2 is 1.73 bits per heavy atom. The molecule has 0 aliphatic heterocycles. The van der Waals surface area contributed by atoms with Gasteiger partial charge in [-0.2, -0.15) is 0 Å². The van der Waals surface area contributed by atoms with Crippen LogP contribution in [0, 0.1) is 0 Å². The zero-order valence-electron chi connectivity index (χ0n) is 15.3. The molecule has 3 rings (SSSR count). The van der Waals surface area contributed by atoms with Gasteiger partial charge in [-0.05, 0) is 43.4 Å². The Morgan fingerprint density at radius 3 is 2.42 bits per heavy atom. The van der Waals surface area contributed by atoms with Gasteiger partial charge in [0.2, 0.25) is 0 Å². The van der Waals surface area contributed by atoms with Crippen LogP contribution in [0.15, 0.2) is 42.5 Å². The molecule has 1 aliphatic carbocycles. The molecule has 0 radical (unpaired) electrons. The van der Waals surface area contributed by atoms with Crippen LogP contribution in [0.3, 0.4) is 0 Å². The van der Waals surface area contributed by atoms with Crippen molar-refractivity contribution in [2.75, 3.05) is 11.9 Å². The molecule has 26 heavy (non-hydrogen) atoms. The van der Waals surface area contributed by atoms with Crippen molar-refractivity contribution < 1.29 is 4.79 Å². The van der Waals surface area contributed by atoms with Gasteiger partial charge in [-0.25, -0.2) is 0 Å². The monoisotopic (exact) mass is 352 g/mol. The fourth-order valence-electron chi connectivity index (χ4n) is 3.38. The van der Waals surface area contributed by atoms with E-state index < -0.39 is 0 Å². The van der Waals surface area contributed by atoms with Crippen LogP contribution in [0.5, 0.6) is 0 Å². The van der Waals surface area contributed by atoms with Crippen molar-refractivity contribution in [3.63, 3.8) is 0 Å². The number of benzene rings is 1. The highest BCUT2D eigenvalue weighted by Gasteiger charge is 2.16. The number of nitrogens with one attached hydrogen (secondary N) is 2. The molecule has 1 amide bonds. The molecule has 0 unspecified atom stereocenters. The zero-order valence-corrected chi connectivity index (χ0v) is 15.3. The third-order valence-electron chi connectivity index (χ3n) is 4.88. The number of aromatic nitrogens is 2. The predicted molar refractivity (Wildman–Crippen MR) is 104 cm³/mol. The van der Waals surface area contributed by atoms with Crippen molar-refractivity contribution in [3.8, 4) is 0 Å². The van der Waals surface area contributed by atoms with Gasteiger partial charge in [0.05, 0.1) is 0 Å². The number of nitrogens with zero attached hydrogens (tertiary/aromatic N) is 2. The second-order valence-corrected chi connectivity index (χ2v) is 6.98. The summed E-state index contributed by atoms with van der Waals surface area (Å²) in [6, 6.07) is 14.3. The highest BCUT2D eigenvalue weighted by molar-refractivity contribution is 5.92. The van der Waals surface area contributed by atoms with E-state index in [0.29, 0.717) is 11.5 Å². The minimum atomic E-state index is -0.111. The van der Waals surface area contributed by atoms with Gasteiger partial charge < -0.3 is 10.6 Å². The summed E-state index contributed by atoms with van der Waals surface area (Å²) in [6.45, 7) is 0.831. The maximum atomic E-state index is 12.3. The minimum absolute atomic E-state index is 0.111. The summed E-state index contributed by atoms with van der Waals surface area (Å²) in [7, 11) is 0. The largest absolute Gasteiger partial charge is 0.369 e. The van der Waals surface area contributed by atoms with Crippen LogP contribution in [0.4, 0.5) is 5.82 Å². The summed E-state index contributed by atoms with van der Waals surface area (Å²) in [5.41, 5.74) is 1.73. The fraction of sp³-hybridized carbons (Fsp3) is 0.476. The average Bonchev–Trinajstić information content (AvgIpc) is 2.95. The molecule has 1 saturated carbocycles. The predicted octanol–water partition coefficient (Wildman–Crippen LogP) is 3.97. The van der Waals surface area contributed by atoms with Gasteiger partial charge in [-0.3, -0.25) is 4.79 Å². The van der Waals surface area contributed by atoms with Gasteiger partial charge in [-0.15, -0.1) is 10.2 Å². The maximum Gasteiger partial charge on any atom is 0.272 e. The Hall–Kier alpha value is -2.43. The first kappa shape index (κ1) is 18.4. The molecule has 0 spiro atoms. The van der Waals surface area contributed by atoms with Gasteiger partial charge in [0.15, 0.2) is 5.69 Å².